The van der Waals surface area contributed by atoms with Crippen LogP contribution in [-0.4, -0.2) is 14.8 Å². The van der Waals surface area contributed by atoms with E-state index in [9.17, 15) is 0 Å². The summed E-state index contributed by atoms with van der Waals surface area (Å²) in [5.74, 6) is 0.797. The van der Waals surface area contributed by atoms with Crippen LogP contribution in [0.1, 0.15) is 26.6 Å². The Morgan fingerprint density at radius 3 is 2.39 bits per heavy atom. The third-order valence-electron chi connectivity index (χ3n) is 2.46. The van der Waals surface area contributed by atoms with E-state index in [1.165, 1.54) is 0 Å². The van der Waals surface area contributed by atoms with Crippen LogP contribution in [0.15, 0.2) is 22.7 Å². The lowest BCUT2D eigenvalue weighted by molar-refractivity contribution is 0.533. The van der Waals surface area contributed by atoms with Gasteiger partial charge in [0.2, 0.25) is 5.28 Å². The fourth-order valence-corrected chi connectivity index (χ4v) is 2.24. The summed E-state index contributed by atoms with van der Waals surface area (Å²) in [6.07, 6.45) is 0. The molecule has 0 bridgehead atoms. The van der Waals surface area contributed by atoms with Crippen molar-refractivity contribution in [1.82, 2.24) is 14.8 Å². The van der Waals surface area contributed by atoms with E-state index in [1.54, 1.807) is 4.57 Å². The van der Waals surface area contributed by atoms with Gasteiger partial charge in [-0.1, -0.05) is 32.4 Å². The van der Waals surface area contributed by atoms with Crippen LogP contribution < -0.4 is 0 Å². The molecule has 0 amide bonds. The molecule has 1 heterocycles. The fraction of sp³-hybridized carbons (Fsp3) is 0.333. The molecule has 0 atom stereocenters. The number of benzene rings is 1. The second kappa shape index (κ2) is 4.83. The molecule has 0 spiro atoms. The lowest BCUT2D eigenvalue weighted by atomic mass is 9.95. The van der Waals surface area contributed by atoms with Gasteiger partial charge in [-0.05, 0) is 45.7 Å². The summed E-state index contributed by atoms with van der Waals surface area (Å²) in [5, 5.41) is 9.03. The Kier molecular flexibility index (Phi) is 3.72. The molecule has 3 nitrogen and oxygen atoms in total. The zero-order chi connectivity index (χ0) is 13.5. The SMILES string of the molecule is CC(C)(C)c1nnc(Cl)n1-c1ccc(Br)c(Cl)c1. The van der Waals surface area contributed by atoms with Gasteiger partial charge in [0.05, 0.1) is 10.7 Å². The smallest absolute Gasteiger partial charge is 0.229 e. The molecule has 18 heavy (non-hydrogen) atoms. The first kappa shape index (κ1) is 13.8. The predicted octanol–water partition coefficient (Wildman–Crippen LogP) is 4.63. The molecule has 0 aliphatic carbocycles. The minimum Gasteiger partial charge on any atom is -0.269 e. The highest BCUT2D eigenvalue weighted by molar-refractivity contribution is 9.10. The summed E-state index contributed by atoms with van der Waals surface area (Å²) in [6, 6.07) is 5.62. The van der Waals surface area contributed by atoms with E-state index in [-0.39, 0.29) is 5.41 Å². The van der Waals surface area contributed by atoms with Crippen molar-refractivity contribution in [3.8, 4) is 5.69 Å². The van der Waals surface area contributed by atoms with Crippen molar-refractivity contribution in [3.63, 3.8) is 0 Å². The molecule has 0 N–H and O–H groups in total. The average Bonchev–Trinajstić information content (AvgIpc) is 2.64. The van der Waals surface area contributed by atoms with Crippen LogP contribution in [0.3, 0.4) is 0 Å². The van der Waals surface area contributed by atoms with Gasteiger partial charge < -0.3 is 0 Å². The van der Waals surface area contributed by atoms with E-state index in [1.807, 2.05) is 18.2 Å². The molecule has 0 aliphatic rings. The topological polar surface area (TPSA) is 30.7 Å². The first-order valence-corrected chi connectivity index (χ1v) is 6.92. The molecule has 2 rings (SSSR count). The maximum absolute atomic E-state index is 6.11. The van der Waals surface area contributed by atoms with Crippen LogP contribution in [0, 0.1) is 0 Å². The monoisotopic (exact) mass is 347 g/mol. The van der Waals surface area contributed by atoms with Gasteiger partial charge in [0.15, 0.2) is 0 Å². The molecule has 0 aliphatic heterocycles. The summed E-state index contributed by atoms with van der Waals surface area (Å²) < 4.78 is 2.65. The predicted molar refractivity (Wildman–Crippen MR) is 77.8 cm³/mol. The Bertz CT molecular complexity index is 587. The van der Waals surface area contributed by atoms with Crippen molar-refractivity contribution >= 4 is 39.1 Å². The summed E-state index contributed by atoms with van der Waals surface area (Å²) in [5.41, 5.74) is 0.697. The second-order valence-corrected chi connectivity index (χ2v) is 6.58. The summed E-state index contributed by atoms with van der Waals surface area (Å²) >= 11 is 15.6. The lowest BCUT2D eigenvalue weighted by Gasteiger charge is -2.19. The van der Waals surface area contributed by atoms with E-state index in [0.29, 0.717) is 10.3 Å². The first-order chi connectivity index (χ1) is 8.30. The highest BCUT2D eigenvalue weighted by Gasteiger charge is 2.24. The van der Waals surface area contributed by atoms with E-state index < -0.39 is 0 Å². The zero-order valence-electron chi connectivity index (χ0n) is 10.2. The van der Waals surface area contributed by atoms with Crippen LogP contribution in [0.5, 0.6) is 0 Å². The van der Waals surface area contributed by atoms with E-state index in [0.717, 1.165) is 16.0 Å². The first-order valence-electron chi connectivity index (χ1n) is 5.37. The Labute approximate surface area is 124 Å². The van der Waals surface area contributed by atoms with Crippen molar-refractivity contribution in [2.45, 2.75) is 26.2 Å². The Balaban J connectivity index is 2.63. The molecule has 96 valence electrons. The third kappa shape index (κ3) is 2.56. The second-order valence-electron chi connectivity index (χ2n) is 4.98. The maximum Gasteiger partial charge on any atom is 0.229 e. The van der Waals surface area contributed by atoms with Gasteiger partial charge in [-0.15, -0.1) is 10.2 Å². The molecular weight excluding hydrogens is 337 g/mol. The largest absolute Gasteiger partial charge is 0.269 e. The Morgan fingerprint density at radius 1 is 1.17 bits per heavy atom. The lowest BCUT2D eigenvalue weighted by Crippen LogP contribution is -2.18. The van der Waals surface area contributed by atoms with Crippen LogP contribution >= 0.6 is 39.1 Å². The molecule has 0 saturated heterocycles. The zero-order valence-corrected chi connectivity index (χ0v) is 13.3. The fourth-order valence-electron chi connectivity index (χ4n) is 1.60. The van der Waals surface area contributed by atoms with Crippen LogP contribution in [-0.2, 0) is 5.41 Å². The summed E-state index contributed by atoms with van der Waals surface area (Å²) in [7, 11) is 0. The van der Waals surface area contributed by atoms with Gasteiger partial charge >= 0.3 is 0 Å². The highest BCUT2D eigenvalue weighted by Crippen LogP contribution is 2.30. The van der Waals surface area contributed by atoms with Gasteiger partial charge in [-0.25, -0.2) is 0 Å². The Hall–Kier alpha value is -0.580. The number of rotatable bonds is 1. The molecule has 1 aromatic heterocycles. The van der Waals surface area contributed by atoms with Crippen molar-refractivity contribution in [2.24, 2.45) is 0 Å². The van der Waals surface area contributed by atoms with Crippen molar-refractivity contribution in [1.29, 1.82) is 0 Å². The molecule has 0 fully saturated rings. The van der Waals surface area contributed by atoms with Gasteiger partial charge in [-0.3, -0.25) is 4.57 Å². The third-order valence-corrected chi connectivity index (χ3v) is 3.93. The number of hydrogen-bond acceptors (Lipinski definition) is 2. The molecule has 0 unspecified atom stereocenters. The summed E-state index contributed by atoms with van der Waals surface area (Å²) in [4.78, 5) is 0. The van der Waals surface area contributed by atoms with Crippen molar-refractivity contribution < 1.29 is 0 Å². The van der Waals surface area contributed by atoms with Gasteiger partial charge in [0.25, 0.3) is 0 Å². The number of hydrogen-bond donors (Lipinski definition) is 0. The quantitative estimate of drug-likeness (QED) is 0.751. The number of halogens is 3. The molecule has 6 heteroatoms. The highest BCUT2D eigenvalue weighted by atomic mass is 79.9. The van der Waals surface area contributed by atoms with E-state index in [2.05, 4.69) is 46.9 Å². The maximum atomic E-state index is 6.11. The van der Waals surface area contributed by atoms with Crippen molar-refractivity contribution in [3.05, 3.63) is 38.8 Å². The standard InChI is InChI=1S/C12H12BrCl2N3/c1-12(2,3)10-16-17-11(15)18(10)7-4-5-8(13)9(14)6-7/h4-6H,1-3H3. The molecule has 2 aromatic rings. The molecular formula is C12H12BrCl2N3. The van der Waals surface area contributed by atoms with Crippen molar-refractivity contribution in [2.75, 3.05) is 0 Å². The average molecular weight is 349 g/mol. The van der Waals surface area contributed by atoms with Crippen LogP contribution in [0.25, 0.3) is 5.69 Å². The molecule has 1 aromatic carbocycles. The van der Waals surface area contributed by atoms with E-state index in [4.69, 9.17) is 23.2 Å². The van der Waals surface area contributed by atoms with Gasteiger partial charge in [0, 0.05) is 9.89 Å². The Morgan fingerprint density at radius 2 is 1.83 bits per heavy atom. The van der Waals surface area contributed by atoms with Gasteiger partial charge in [-0.2, -0.15) is 0 Å². The number of nitrogens with zero attached hydrogens (tertiary/aromatic N) is 3. The minimum atomic E-state index is -0.153. The molecule has 0 saturated carbocycles. The van der Waals surface area contributed by atoms with Crippen LogP contribution in [0.4, 0.5) is 0 Å². The summed E-state index contributed by atoms with van der Waals surface area (Å²) in [6.45, 7) is 6.18. The van der Waals surface area contributed by atoms with Gasteiger partial charge in [0.1, 0.15) is 5.82 Å². The molecule has 0 radical (unpaired) electrons. The number of aromatic nitrogens is 3. The van der Waals surface area contributed by atoms with E-state index >= 15 is 0 Å². The normalized spacial score (nSPS) is 11.9. The minimum absolute atomic E-state index is 0.153. The van der Waals surface area contributed by atoms with Crippen LogP contribution in [0.2, 0.25) is 10.3 Å².